The minimum Gasteiger partial charge on any atom is -0.336 e. The Hall–Kier alpha value is -0.670. The van der Waals surface area contributed by atoms with Crippen molar-refractivity contribution in [1.82, 2.24) is 4.90 Å². The lowest BCUT2D eigenvalue weighted by Crippen LogP contribution is -2.30. The summed E-state index contributed by atoms with van der Waals surface area (Å²) >= 11 is 0. The Kier molecular flexibility index (Phi) is 2.11. The van der Waals surface area contributed by atoms with Gasteiger partial charge in [-0.3, -0.25) is 4.79 Å². The van der Waals surface area contributed by atoms with Crippen LogP contribution < -0.4 is 0 Å². The van der Waals surface area contributed by atoms with Gasteiger partial charge in [0.1, 0.15) is 0 Å². The van der Waals surface area contributed by atoms with Gasteiger partial charge in [-0.05, 0) is 0 Å². The molecule has 1 amide bonds. The van der Waals surface area contributed by atoms with Crippen molar-refractivity contribution < 1.29 is 13.6 Å². The molecule has 2 nitrogen and oxygen atoms in total. The SMILES string of the molecule is CCC(=O)N1CCC(F)(F)C1. The van der Waals surface area contributed by atoms with Gasteiger partial charge < -0.3 is 4.90 Å². The Morgan fingerprint density at radius 1 is 1.64 bits per heavy atom. The van der Waals surface area contributed by atoms with Crippen molar-refractivity contribution in [1.29, 1.82) is 0 Å². The summed E-state index contributed by atoms with van der Waals surface area (Å²) in [6, 6.07) is 0. The largest absolute Gasteiger partial charge is 0.336 e. The molecule has 64 valence electrons. The third kappa shape index (κ3) is 1.88. The van der Waals surface area contributed by atoms with Crippen molar-refractivity contribution in [2.24, 2.45) is 0 Å². The first-order valence-electron chi connectivity index (χ1n) is 3.71. The second-order valence-electron chi connectivity index (χ2n) is 2.77. The predicted octanol–water partition coefficient (Wildman–Crippen LogP) is 1.26. The van der Waals surface area contributed by atoms with E-state index in [0.717, 1.165) is 0 Å². The molecule has 1 aliphatic rings. The van der Waals surface area contributed by atoms with E-state index in [-0.39, 0.29) is 25.4 Å². The molecule has 0 radical (unpaired) electrons. The van der Waals surface area contributed by atoms with Gasteiger partial charge in [0.2, 0.25) is 5.91 Å². The first-order chi connectivity index (χ1) is 5.05. The molecule has 0 N–H and O–H groups in total. The van der Waals surface area contributed by atoms with Gasteiger partial charge >= 0.3 is 0 Å². The van der Waals surface area contributed by atoms with Crippen molar-refractivity contribution in [3.05, 3.63) is 0 Å². The molecule has 1 heterocycles. The molecule has 1 aliphatic heterocycles. The molecule has 0 bridgehead atoms. The van der Waals surface area contributed by atoms with E-state index in [4.69, 9.17) is 0 Å². The molecule has 0 unspecified atom stereocenters. The highest BCUT2D eigenvalue weighted by molar-refractivity contribution is 5.76. The quantitative estimate of drug-likeness (QED) is 0.570. The van der Waals surface area contributed by atoms with E-state index < -0.39 is 5.92 Å². The Morgan fingerprint density at radius 2 is 2.27 bits per heavy atom. The van der Waals surface area contributed by atoms with Gasteiger partial charge in [0, 0.05) is 19.4 Å². The number of likely N-dealkylation sites (tertiary alicyclic amines) is 1. The molecular formula is C7H11F2NO. The lowest BCUT2D eigenvalue weighted by atomic mass is 10.3. The highest BCUT2D eigenvalue weighted by Gasteiger charge is 2.39. The Balaban J connectivity index is 2.48. The van der Waals surface area contributed by atoms with Crippen LogP contribution in [0.4, 0.5) is 8.78 Å². The Labute approximate surface area is 64.2 Å². The van der Waals surface area contributed by atoms with Crippen LogP contribution in [0, 0.1) is 0 Å². The van der Waals surface area contributed by atoms with Crippen molar-refractivity contribution in [2.75, 3.05) is 13.1 Å². The number of hydrogen-bond acceptors (Lipinski definition) is 1. The standard InChI is InChI=1S/C7H11F2NO/c1-2-6(11)10-4-3-7(8,9)5-10/h2-5H2,1H3. The third-order valence-corrected chi connectivity index (χ3v) is 1.82. The van der Waals surface area contributed by atoms with Crippen molar-refractivity contribution >= 4 is 5.91 Å². The van der Waals surface area contributed by atoms with Gasteiger partial charge in [-0.25, -0.2) is 8.78 Å². The average molecular weight is 163 g/mol. The van der Waals surface area contributed by atoms with Gasteiger partial charge in [0.25, 0.3) is 5.92 Å². The summed E-state index contributed by atoms with van der Waals surface area (Å²) in [5, 5.41) is 0. The second-order valence-corrected chi connectivity index (χ2v) is 2.77. The van der Waals surface area contributed by atoms with Gasteiger partial charge in [-0.2, -0.15) is 0 Å². The van der Waals surface area contributed by atoms with E-state index >= 15 is 0 Å². The highest BCUT2D eigenvalue weighted by Crippen LogP contribution is 2.26. The Bertz CT molecular complexity index is 170. The molecule has 1 fully saturated rings. The van der Waals surface area contributed by atoms with Gasteiger partial charge in [-0.15, -0.1) is 0 Å². The summed E-state index contributed by atoms with van der Waals surface area (Å²) in [6.07, 6.45) is 0.134. The molecule has 11 heavy (non-hydrogen) atoms. The van der Waals surface area contributed by atoms with E-state index in [2.05, 4.69) is 0 Å². The van der Waals surface area contributed by atoms with E-state index in [1.807, 2.05) is 0 Å². The lowest BCUT2D eigenvalue weighted by molar-refractivity contribution is -0.131. The van der Waals surface area contributed by atoms with Crippen LogP contribution in [0.1, 0.15) is 19.8 Å². The smallest absolute Gasteiger partial charge is 0.267 e. The average Bonchev–Trinajstić information content (AvgIpc) is 2.29. The summed E-state index contributed by atoms with van der Waals surface area (Å²) in [5.41, 5.74) is 0. The molecule has 0 aromatic carbocycles. The summed E-state index contributed by atoms with van der Waals surface area (Å²) in [5.74, 6) is -2.83. The summed E-state index contributed by atoms with van der Waals surface area (Å²) < 4.78 is 25.0. The fourth-order valence-corrected chi connectivity index (χ4v) is 1.17. The maximum atomic E-state index is 12.5. The Morgan fingerprint density at radius 3 is 2.64 bits per heavy atom. The maximum Gasteiger partial charge on any atom is 0.267 e. The van der Waals surface area contributed by atoms with E-state index in [9.17, 15) is 13.6 Å². The lowest BCUT2D eigenvalue weighted by Gasteiger charge is -2.14. The molecule has 0 aromatic rings. The summed E-state index contributed by atoms with van der Waals surface area (Å²) in [6.45, 7) is 1.50. The van der Waals surface area contributed by atoms with Crippen LogP contribution in [0.25, 0.3) is 0 Å². The van der Waals surface area contributed by atoms with Crippen molar-refractivity contribution in [2.45, 2.75) is 25.7 Å². The second kappa shape index (κ2) is 2.75. The number of alkyl halides is 2. The zero-order chi connectivity index (χ0) is 8.48. The summed E-state index contributed by atoms with van der Waals surface area (Å²) in [7, 11) is 0. The van der Waals surface area contributed by atoms with Gasteiger partial charge in [0.05, 0.1) is 6.54 Å². The van der Waals surface area contributed by atoms with Crippen LogP contribution in [0.3, 0.4) is 0 Å². The van der Waals surface area contributed by atoms with Crippen molar-refractivity contribution in [3.63, 3.8) is 0 Å². The molecule has 0 saturated carbocycles. The molecule has 0 aliphatic carbocycles. The van der Waals surface area contributed by atoms with Crippen LogP contribution in [-0.2, 0) is 4.79 Å². The molecule has 4 heteroatoms. The van der Waals surface area contributed by atoms with E-state index in [1.165, 1.54) is 4.90 Å². The first kappa shape index (κ1) is 8.43. The monoisotopic (exact) mass is 163 g/mol. The molecule has 1 saturated heterocycles. The number of halogens is 2. The third-order valence-electron chi connectivity index (χ3n) is 1.82. The maximum absolute atomic E-state index is 12.5. The zero-order valence-corrected chi connectivity index (χ0v) is 6.44. The number of carbonyl (C=O) groups is 1. The molecular weight excluding hydrogens is 152 g/mol. The van der Waals surface area contributed by atoms with Crippen molar-refractivity contribution in [3.8, 4) is 0 Å². The van der Waals surface area contributed by atoms with Crippen LogP contribution in [0.2, 0.25) is 0 Å². The highest BCUT2D eigenvalue weighted by atomic mass is 19.3. The fraction of sp³-hybridized carbons (Fsp3) is 0.857. The molecule has 0 atom stereocenters. The molecule has 0 spiro atoms. The van der Waals surface area contributed by atoms with Crippen LogP contribution in [0.15, 0.2) is 0 Å². The number of nitrogens with zero attached hydrogens (tertiary/aromatic N) is 1. The number of amides is 1. The van der Waals surface area contributed by atoms with E-state index in [0.29, 0.717) is 6.42 Å². The molecule has 0 aromatic heterocycles. The first-order valence-corrected chi connectivity index (χ1v) is 3.71. The van der Waals surface area contributed by atoms with Crippen LogP contribution >= 0.6 is 0 Å². The minimum absolute atomic E-state index is 0.179. The van der Waals surface area contributed by atoms with E-state index in [1.54, 1.807) is 6.92 Å². The topological polar surface area (TPSA) is 20.3 Å². The summed E-state index contributed by atoms with van der Waals surface area (Å²) in [4.78, 5) is 12.1. The van der Waals surface area contributed by atoms with Crippen LogP contribution in [-0.4, -0.2) is 29.8 Å². The number of rotatable bonds is 1. The molecule has 1 rings (SSSR count). The van der Waals surface area contributed by atoms with Crippen LogP contribution in [0.5, 0.6) is 0 Å². The number of carbonyl (C=O) groups excluding carboxylic acids is 1. The van der Waals surface area contributed by atoms with Gasteiger partial charge in [-0.1, -0.05) is 6.92 Å². The zero-order valence-electron chi connectivity index (χ0n) is 6.44. The normalized spacial score (nSPS) is 22.3. The fourth-order valence-electron chi connectivity index (χ4n) is 1.17. The number of hydrogen-bond donors (Lipinski definition) is 0. The predicted molar refractivity (Wildman–Crippen MR) is 36.4 cm³/mol. The van der Waals surface area contributed by atoms with Gasteiger partial charge in [0.15, 0.2) is 0 Å². The minimum atomic E-state index is -2.65.